The molecular weight excluding hydrogens is 252 g/mol. The number of rotatable bonds is 2. The molecule has 0 amide bonds. The smallest absolute Gasteiger partial charge is 0.107 e. The Kier molecular flexibility index (Phi) is 2.83. The standard InChI is InChI=1S/C12H15BrN2/c1-12(2,11-14-7-8-15-11)9-5-3-4-6-10(9)13/h3-6H,7-8H2,1-2H3,(H,14,15). The zero-order valence-electron chi connectivity index (χ0n) is 9.05. The minimum absolute atomic E-state index is 0.0450. The van der Waals surface area contributed by atoms with E-state index in [9.17, 15) is 0 Å². The monoisotopic (exact) mass is 266 g/mol. The Morgan fingerprint density at radius 2 is 2.07 bits per heavy atom. The van der Waals surface area contributed by atoms with Gasteiger partial charge in [0.15, 0.2) is 0 Å². The van der Waals surface area contributed by atoms with Gasteiger partial charge in [-0.2, -0.15) is 0 Å². The number of amidine groups is 1. The highest BCUT2D eigenvalue weighted by molar-refractivity contribution is 9.10. The molecule has 0 saturated carbocycles. The molecule has 0 aliphatic carbocycles. The average molecular weight is 267 g/mol. The Hall–Kier alpha value is -0.830. The van der Waals surface area contributed by atoms with E-state index < -0.39 is 0 Å². The maximum Gasteiger partial charge on any atom is 0.107 e. The van der Waals surface area contributed by atoms with Gasteiger partial charge in [0.25, 0.3) is 0 Å². The second-order valence-corrected chi connectivity index (χ2v) is 5.12. The number of benzene rings is 1. The highest BCUT2D eigenvalue weighted by atomic mass is 79.9. The van der Waals surface area contributed by atoms with Gasteiger partial charge in [-0.3, -0.25) is 4.99 Å². The first-order chi connectivity index (χ1) is 7.12. The second-order valence-electron chi connectivity index (χ2n) is 4.26. The van der Waals surface area contributed by atoms with E-state index in [0.717, 1.165) is 23.4 Å². The predicted octanol–water partition coefficient (Wildman–Crippen LogP) is 2.73. The maximum atomic E-state index is 4.51. The zero-order chi connectivity index (χ0) is 10.9. The lowest BCUT2D eigenvalue weighted by atomic mass is 9.83. The Bertz CT molecular complexity index is 396. The number of hydrogen-bond acceptors (Lipinski definition) is 2. The molecule has 2 rings (SSSR count). The lowest BCUT2D eigenvalue weighted by molar-refractivity contribution is 0.691. The molecule has 1 heterocycles. The van der Waals surface area contributed by atoms with Crippen molar-refractivity contribution in [2.45, 2.75) is 19.3 Å². The normalized spacial score (nSPS) is 16.1. The van der Waals surface area contributed by atoms with Gasteiger partial charge in [-0.1, -0.05) is 34.1 Å². The van der Waals surface area contributed by atoms with Crippen LogP contribution >= 0.6 is 15.9 Å². The Balaban J connectivity index is 2.41. The first kappa shape index (κ1) is 10.7. The third kappa shape index (κ3) is 1.93. The van der Waals surface area contributed by atoms with Gasteiger partial charge in [0, 0.05) is 16.4 Å². The van der Waals surface area contributed by atoms with Crippen molar-refractivity contribution in [2.24, 2.45) is 4.99 Å². The quantitative estimate of drug-likeness (QED) is 0.875. The van der Waals surface area contributed by atoms with E-state index in [-0.39, 0.29) is 5.41 Å². The van der Waals surface area contributed by atoms with Crippen molar-refractivity contribution in [3.63, 3.8) is 0 Å². The third-order valence-corrected chi connectivity index (χ3v) is 3.50. The lowest BCUT2D eigenvalue weighted by Crippen LogP contribution is -2.37. The molecule has 3 heteroatoms. The topological polar surface area (TPSA) is 24.4 Å². The molecule has 1 N–H and O–H groups in total. The fraction of sp³-hybridized carbons (Fsp3) is 0.417. The molecule has 0 bridgehead atoms. The number of nitrogens with zero attached hydrogens (tertiary/aromatic N) is 1. The van der Waals surface area contributed by atoms with Crippen molar-refractivity contribution >= 4 is 21.8 Å². The van der Waals surface area contributed by atoms with Gasteiger partial charge in [0.05, 0.1) is 6.54 Å². The third-order valence-electron chi connectivity index (χ3n) is 2.81. The number of aliphatic imine (C=N–C) groups is 1. The van der Waals surface area contributed by atoms with Crippen LogP contribution in [0, 0.1) is 0 Å². The molecule has 0 fully saturated rings. The van der Waals surface area contributed by atoms with Gasteiger partial charge in [0.2, 0.25) is 0 Å². The van der Waals surface area contributed by atoms with Crippen molar-refractivity contribution in [3.8, 4) is 0 Å². The van der Waals surface area contributed by atoms with Gasteiger partial charge in [-0.05, 0) is 25.5 Å². The van der Waals surface area contributed by atoms with Crippen LogP contribution in [0.25, 0.3) is 0 Å². The Morgan fingerprint density at radius 1 is 1.33 bits per heavy atom. The molecule has 0 unspecified atom stereocenters. The molecule has 0 spiro atoms. The van der Waals surface area contributed by atoms with Gasteiger partial charge < -0.3 is 5.32 Å². The first-order valence-corrected chi connectivity index (χ1v) is 5.95. The van der Waals surface area contributed by atoms with Gasteiger partial charge >= 0.3 is 0 Å². The predicted molar refractivity (Wildman–Crippen MR) is 67.5 cm³/mol. The Morgan fingerprint density at radius 3 is 2.67 bits per heavy atom. The Labute approximate surface area is 98.9 Å². The van der Waals surface area contributed by atoms with Crippen LogP contribution < -0.4 is 5.32 Å². The van der Waals surface area contributed by atoms with E-state index in [2.05, 4.69) is 58.3 Å². The summed E-state index contributed by atoms with van der Waals surface area (Å²) in [5.74, 6) is 1.09. The van der Waals surface area contributed by atoms with Gasteiger partial charge in [0.1, 0.15) is 5.84 Å². The van der Waals surface area contributed by atoms with Crippen molar-refractivity contribution in [1.29, 1.82) is 0 Å². The highest BCUT2D eigenvalue weighted by Crippen LogP contribution is 2.31. The summed E-state index contributed by atoms with van der Waals surface area (Å²) in [6.45, 7) is 6.25. The zero-order valence-corrected chi connectivity index (χ0v) is 10.6. The SMILES string of the molecule is CC(C)(C1=NCCN1)c1ccccc1Br. The summed E-state index contributed by atoms with van der Waals surface area (Å²) in [6, 6.07) is 8.32. The largest absolute Gasteiger partial charge is 0.371 e. The molecule has 0 aromatic heterocycles. The van der Waals surface area contributed by atoms with E-state index in [4.69, 9.17) is 0 Å². The van der Waals surface area contributed by atoms with E-state index in [1.807, 2.05) is 6.07 Å². The van der Waals surface area contributed by atoms with Gasteiger partial charge in [-0.25, -0.2) is 0 Å². The van der Waals surface area contributed by atoms with Crippen LogP contribution in [0.1, 0.15) is 19.4 Å². The summed E-state index contributed by atoms with van der Waals surface area (Å²) < 4.78 is 1.14. The van der Waals surface area contributed by atoms with Crippen LogP contribution in [0.3, 0.4) is 0 Å². The minimum Gasteiger partial charge on any atom is -0.371 e. The van der Waals surface area contributed by atoms with Crippen LogP contribution in [0.15, 0.2) is 33.7 Å². The maximum absolute atomic E-state index is 4.51. The highest BCUT2D eigenvalue weighted by Gasteiger charge is 2.30. The molecule has 0 saturated heterocycles. The van der Waals surface area contributed by atoms with E-state index in [0.29, 0.717) is 0 Å². The molecular formula is C12H15BrN2. The molecule has 15 heavy (non-hydrogen) atoms. The van der Waals surface area contributed by atoms with Crippen molar-refractivity contribution in [1.82, 2.24) is 5.32 Å². The molecule has 0 radical (unpaired) electrons. The number of hydrogen-bond donors (Lipinski definition) is 1. The number of nitrogens with one attached hydrogen (secondary N) is 1. The van der Waals surface area contributed by atoms with E-state index in [1.165, 1.54) is 5.56 Å². The average Bonchev–Trinajstić information content (AvgIpc) is 2.71. The van der Waals surface area contributed by atoms with Crippen molar-refractivity contribution in [2.75, 3.05) is 13.1 Å². The molecule has 2 nitrogen and oxygen atoms in total. The minimum atomic E-state index is -0.0450. The van der Waals surface area contributed by atoms with Crippen LogP contribution in [0.5, 0.6) is 0 Å². The first-order valence-electron chi connectivity index (χ1n) is 5.16. The second kappa shape index (κ2) is 3.97. The molecule has 1 aromatic rings. The van der Waals surface area contributed by atoms with Crippen LogP contribution in [0.2, 0.25) is 0 Å². The molecule has 1 aromatic carbocycles. The number of halogens is 1. The lowest BCUT2D eigenvalue weighted by Gasteiger charge is -2.26. The molecule has 80 valence electrons. The molecule has 1 aliphatic heterocycles. The summed E-state index contributed by atoms with van der Waals surface area (Å²) in [7, 11) is 0. The molecule has 1 aliphatic rings. The van der Waals surface area contributed by atoms with Crippen LogP contribution in [-0.2, 0) is 5.41 Å². The van der Waals surface area contributed by atoms with Crippen molar-refractivity contribution < 1.29 is 0 Å². The summed E-state index contributed by atoms with van der Waals surface area (Å²) in [6.07, 6.45) is 0. The van der Waals surface area contributed by atoms with Crippen LogP contribution in [-0.4, -0.2) is 18.9 Å². The van der Waals surface area contributed by atoms with Crippen molar-refractivity contribution in [3.05, 3.63) is 34.3 Å². The van der Waals surface area contributed by atoms with E-state index in [1.54, 1.807) is 0 Å². The van der Waals surface area contributed by atoms with E-state index >= 15 is 0 Å². The fourth-order valence-corrected chi connectivity index (χ4v) is 2.69. The van der Waals surface area contributed by atoms with Gasteiger partial charge in [-0.15, -0.1) is 0 Å². The summed E-state index contributed by atoms with van der Waals surface area (Å²) >= 11 is 3.60. The summed E-state index contributed by atoms with van der Waals surface area (Å²) in [5.41, 5.74) is 1.23. The summed E-state index contributed by atoms with van der Waals surface area (Å²) in [5, 5.41) is 3.35. The molecule has 0 atom stereocenters. The summed E-state index contributed by atoms with van der Waals surface area (Å²) in [4.78, 5) is 4.51. The van der Waals surface area contributed by atoms with Crippen LogP contribution in [0.4, 0.5) is 0 Å². The fourth-order valence-electron chi connectivity index (χ4n) is 1.91.